The number of carbonyl (C=O) groups excluding carboxylic acids is 2. The fourth-order valence-corrected chi connectivity index (χ4v) is 0.485. The first-order valence-electron chi connectivity index (χ1n) is 2.66. The van der Waals surface area contributed by atoms with Crippen LogP contribution in [-0.4, -0.2) is 33.8 Å². The van der Waals surface area contributed by atoms with Crippen LogP contribution in [-0.2, 0) is 18.7 Å². The van der Waals surface area contributed by atoms with Gasteiger partial charge in [-0.25, -0.2) is 9.36 Å². The van der Waals surface area contributed by atoms with Gasteiger partial charge in [-0.3, -0.25) is 9.79 Å². The second-order valence-electron chi connectivity index (χ2n) is 1.35. The Morgan fingerprint density at radius 1 is 1.58 bits per heavy atom. The summed E-state index contributed by atoms with van der Waals surface area (Å²) in [4.78, 5) is 34.4. The van der Waals surface area contributed by atoms with Crippen molar-refractivity contribution in [2.45, 2.75) is 6.92 Å². The lowest BCUT2D eigenvalue weighted by Gasteiger charge is -2.00. The molecule has 0 aliphatic rings. The second-order valence-corrected chi connectivity index (χ2v) is 2.51. The van der Waals surface area contributed by atoms with Crippen molar-refractivity contribution in [3.8, 4) is 0 Å². The Balaban J connectivity index is 0. The lowest BCUT2D eigenvalue weighted by atomic mass is 10.8. The molecule has 0 fully saturated rings. The van der Waals surface area contributed by atoms with Crippen LogP contribution in [0.4, 0.5) is 0 Å². The molecule has 12 heavy (non-hydrogen) atoms. The Kier molecular flexibility index (Phi) is 7.98. The van der Waals surface area contributed by atoms with E-state index in [0.29, 0.717) is 0 Å². The molecule has 0 atom stereocenters. The minimum absolute atomic E-state index is 0.750. The minimum atomic E-state index is -4.75. The van der Waals surface area contributed by atoms with Crippen LogP contribution in [0, 0.1) is 0 Å². The van der Waals surface area contributed by atoms with E-state index in [-0.39, 0.29) is 0 Å². The minimum Gasteiger partial charge on any atom is -0.385 e. The third-order valence-electron chi connectivity index (χ3n) is 0.350. The maximum Gasteiger partial charge on any atom is 0.527 e. The van der Waals surface area contributed by atoms with Crippen LogP contribution in [0.5, 0.6) is 0 Å². The van der Waals surface area contributed by atoms with Gasteiger partial charge in [-0.1, -0.05) is 0 Å². The van der Waals surface area contributed by atoms with Crippen LogP contribution in [0.3, 0.4) is 0 Å². The maximum atomic E-state index is 9.86. The van der Waals surface area contributed by atoms with Crippen LogP contribution in [0.25, 0.3) is 0 Å². The maximum absolute atomic E-state index is 9.86. The van der Waals surface area contributed by atoms with Gasteiger partial charge in [-0.15, -0.1) is 0 Å². The van der Waals surface area contributed by atoms with Crippen molar-refractivity contribution in [2.24, 2.45) is 0 Å². The Hall–Kier alpha value is -0.750. The van der Waals surface area contributed by atoms with Gasteiger partial charge in [0.1, 0.15) is 12.9 Å². The van der Waals surface area contributed by atoms with E-state index in [2.05, 4.69) is 4.52 Å². The predicted octanol–water partition coefficient (Wildman–Crippen LogP) is -1.18. The van der Waals surface area contributed by atoms with Crippen LogP contribution >= 0.6 is 7.82 Å². The molecule has 0 heterocycles. The lowest BCUT2D eigenvalue weighted by molar-refractivity contribution is -0.138. The molecule has 7 nitrogen and oxygen atoms in total. The Morgan fingerprint density at radius 3 is 2.00 bits per heavy atom. The number of rotatable bonds is 2. The van der Waals surface area contributed by atoms with Crippen molar-refractivity contribution >= 4 is 20.1 Å². The molecule has 0 aromatic heterocycles. The highest BCUT2D eigenvalue weighted by atomic mass is 31.2. The fraction of sp³-hybridized carbons (Fsp3) is 0.500. The summed E-state index contributed by atoms with van der Waals surface area (Å²) in [6.07, 6.45) is 0.750. The highest BCUT2D eigenvalue weighted by molar-refractivity contribution is 7.46. The highest BCUT2D eigenvalue weighted by Gasteiger charge is 2.18. The number of hydrogen-bond donors (Lipinski definition) is 3. The van der Waals surface area contributed by atoms with Gasteiger partial charge in [0.15, 0.2) is 0 Å². The molecule has 0 aliphatic carbocycles. The predicted molar refractivity (Wildman–Crippen MR) is 37.0 cm³/mol. The molecule has 0 saturated carbocycles. The highest BCUT2D eigenvalue weighted by Crippen LogP contribution is 2.35. The Bertz CT molecular complexity index is 182. The van der Waals surface area contributed by atoms with Crippen molar-refractivity contribution in [2.75, 3.05) is 6.61 Å². The Labute approximate surface area is 68.2 Å². The van der Waals surface area contributed by atoms with Gasteiger partial charge >= 0.3 is 13.8 Å². The number of aldehydes is 1. The van der Waals surface area contributed by atoms with Crippen LogP contribution in [0.1, 0.15) is 6.92 Å². The van der Waals surface area contributed by atoms with Gasteiger partial charge in [0.05, 0.1) is 0 Å². The molecule has 0 aromatic carbocycles. The summed E-state index contributed by atoms with van der Waals surface area (Å²) in [5, 5.41) is 7.88. The largest absolute Gasteiger partial charge is 0.527 e. The smallest absolute Gasteiger partial charge is 0.385 e. The van der Waals surface area contributed by atoms with E-state index in [4.69, 9.17) is 19.7 Å². The van der Waals surface area contributed by atoms with Gasteiger partial charge < -0.3 is 14.4 Å². The van der Waals surface area contributed by atoms with Crippen molar-refractivity contribution in [3.05, 3.63) is 0 Å². The molecular weight excluding hydrogens is 191 g/mol. The molecule has 3 N–H and O–H groups in total. The number of aliphatic hydroxyl groups is 1. The summed E-state index contributed by atoms with van der Waals surface area (Å²) in [5.41, 5.74) is 0. The van der Waals surface area contributed by atoms with Crippen LogP contribution in [0.15, 0.2) is 0 Å². The molecule has 0 unspecified atom stereocenters. The van der Waals surface area contributed by atoms with E-state index in [1.54, 1.807) is 0 Å². The molecule has 0 radical (unpaired) electrons. The third kappa shape index (κ3) is 16.1. The van der Waals surface area contributed by atoms with Gasteiger partial charge in [-0.2, -0.15) is 0 Å². The third-order valence-corrected chi connectivity index (χ3v) is 0.791. The van der Waals surface area contributed by atoms with Gasteiger partial charge in [0, 0.05) is 0 Å². The van der Waals surface area contributed by atoms with E-state index >= 15 is 0 Å². The number of aliphatic hydroxyl groups excluding tert-OH is 1. The SMILES string of the molecule is CC=O.O=C(CO)OP(=O)(O)O. The Morgan fingerprint density at radius 2 is 1.92 bits per heavy atom. The average molecular weight is 200 g/mol. The van der Waals surface area contributed by atoms with Crippen LogP contribution in [0.2, 0.25) is 0 Å². The molecule has 0 aromatic rings. The number of carbonyl (C=O) groups is 2. The van der Waals surface area contributed by atoms with E-state index in [1.165, 1.54) is 6.92 Å². The standard InChI is InChI=1S/C2H5O6P.C2H4O/c3-1-2(4)8-9(5,6)7;1-2-3/h3H,1H2,(H2,5,6,7);2H,1H3. The van der Waals surface area contributed by atoms with Crippen LogP contribution < -0.4 is 0 Å². The van der Waals surface area contributed by atoms with Crippen molar-refractivity contribution < 1.29 is 33.6 Å². The summed E-state index contributed by atoms with van der Waals surface area (Å²) < 4.78 is 13.1. The number of phosphoric acid groups is 1. The molecule has 0 saturated heterocycles. The zero-order valence-electron chi connectivity index (χ0n) is 6.21. The molecule has 0 aliphatic heterocycles. The van der Waals surface area contributed by atoms with E-state index < -0.39 is 20.4 Å². The van der Waals surface area contributed by atoms with Crippen molar-refractivity contribution in [1.29, 1.82) is 0 Å². The van der Waals surface area contributed by atoms with Gasteiger partial charge in [0.25, 0.3) is 0 Å². The number of phosphoric ester groups is 1. The molecule has 0 bridgehead atoms. The second kappa shape index (κ2) is 6.93. The summed E-state index contributed by atoms with van der Waals surface area (Å²) in [5.74, 6) is -1.34. The molecule has 8 heteroatoms. The molecule has 72 valence electrons. The molecule has 0 rings (SSSR count). The quantitative estimate of drug-likeness (QED) is 0.378. The van der Waals surface area contributed by atoms with Crippen molar-refractivity contribution in [1.82, 2.24) is 0 Å². The topological polar surface area (TPSA) is 121 Å². The van der Waals surface area contributed by atoms with Gasteiger partial charge in [0.2, 0.25) is 0 Å². The summed E-state index contributed by atoms with van der Waals surface area (Å²) in [6.45, 7) is 0.408. The summed E-state index contributed by atoms with van der Waals surface area (Å²) in [7, 11) is -4.75. The zero-order chi connectivity index (χ0) is 10.2. The summed E-state index contributed by atoms with van der Waals surface area (Å²) in [6, 6.07) is 0. The molecule has 0 spiro atoms. The normalized spacial score (nSPS) is 9.33. The first kappa shape index (κ1) is 13.8. The van der Waals surface area contributed by atoms with E-state index in [0.717, 1.165) is 6.29 Å². The fourth-order valence-electron chi connectivity index (χ4n) is 0.162. The number of hydrogen-bond acceptors (Lipinski definition) is 5. The lowest BCUT2D eigenvalue weighted by Crippen LogP contribution is -2.06. The first-order chi connectivity index (χ1) is 5.37. The zero-order valence-corrected chi connectivity index (χ0v) is 7.10. The molecule has 0 amide bonds. The summed E-state index contributed by atoms with van der Waals surface area (Å²) >= 11 is 0. The van der Waals surface area contributed by atoms with Crippen molar-refractivity contribution in [3.63, 3.8) is 0 Å². The van der Waals surface area contributed by atoms with E-state index in [1.807, 2.05) is 0 Å². The average Bonchev–Trinajstić information content (AvgIpc) is 1.86. The van der Waals surface area contributed by atoms with Gasteiger partial charge in [-0.05, 0) is 6.92 Å². The first-order valence-corrected chi connectivity index (χ1v) is 4.19. The van der Waals surface area contributed by atoms with E-state index in [9.17, 15) is 9.36 Å². The molecular formula is C4H9O7P. The monoisotopic (exact) mass is 200 g/mol.